The zero-order valence-electron chi connectivity index (χ0n) is 17.5. The Kier molecular flexibility index (Phi) is 5.36. The number of rotatable bonds is 5. The van der Waals surface area contributed by atoms with Crippen LogP contribution in [0, 0.1) is 0 Å². The second-order valence-corrected chi connectivity index (χ2v) is 7.56. The first kappa shape index (κ1) is 19.8. The van der Waals surface area contributed by atoms with Gasteiger partial charge in [0.15, 0.2) is 0 Å². The summed E-state index contributed by atoms with van der Waals surface area (Å²) in [5.41, 5.74) is 1.24. The average molecular weight is 399 g/mol. The molecular formula is C25H25N3O2. The molecule has 1 atom stereocenters. The lowest BCUT2D eigenvalue weighted by molar-refractivity contribution is 0.0735. The van der Waals surface area contributed by atoms with Crippen LogP contribution < -0.4 is 5.56 Å². The third-order valence-corrected chi connectivity index (χ3v) is 5.63. The van der Waals surface area contributed by atoms with Crippen molar-refractivity contribution in [3.05, 3.63) is 88.5 Å². The van der Waals surface area contributed by atoms with E-state index < -0.39 is 0 Å². The Morgan fingerprint density at radius 3 is 2.43 bits per heavy atom. The normalized spacial score (nSPS) is 12.2. The predicted octanol–water partition coefficient (Wildman–Crippen LogP) is 4.79. The van der Waals surface area contributed by atoms with E-state index >= 15 is 0 Å². The van der Waals surface area contributed by atoms with Gasteiger partial charge in [0.25, 0.3) is 11.5 Å². The lowest BCUT2D eigenvalue weighted by Crippen LogP contribution is -2.35. The van der Waals surface area contributed by atoms with Gasteiger partial charge in [-0.3, -0.25) is 14.2 Å². The molecule has 0 aliphatic carbocycles. The summed E-state index contributed by atoms with van der Waals surface area (Å²) in [6, 6.07) is 20.6. The van der Waals surface area contributed by atoms with Gasteiger partial charge in [0.05, 0.1) is 16.9 Å². The third kappa shape index (κ3) is 3.36. The van der Waals surface area contributed by atoms with Crippen LogP contribution in [0.5, 0.6) is 0 Å². The van der Waals surface area contributed by atoms with Crippen molar-refractivity contribution >= 4 is 27.6 Å². The Bertz CT molecular complexity index is 1290. The van der Waals surface area contributed by atoms with Gasteiger partial charge >= 0.3 is 0 Å². The second-order valence-electron chi connectivity index (χ2n) is 7.56. The van der Waals surface area contributed by atoms with Crippen LogP contribution >= 0.6 is 0 Å². The Labute approximate surface area is 175 Å². The summed E-state index contributed by atoms with van der Waals surface area (Å²) in [5, 5.41) is 2.54. The minimum absolute atomic E-state index is 0.0599. The Morgan fingerprint density at radius 2 is 1.67 bits per heavy atom. The molecule has 0 aliphatic rings. The standard InChI is InChI=1S/C25H25N3O2/c1-4-16-28-23(26-22-15-8-7-13-21(22)25(28)30)17(2)27(3)24(29)20-14-9-11-18-10-5-6-12-19(18)20/h5-15,17H,4,16H2,1-3H3. The summed E-state index contributed by atoms with van der Waals surface area (Å²) < 4.78 is 1.71. The van der Waals surface area contributed by atoms with Crippen molar-refractivity contribution in [1.29, 1.82) is 0 Å². The van der Waals surface area contributed by atoms with Crippen LogP contribution in [-0.2, 0) is 6.54 Å². The molecule has 5 nitrogen and oxygen atoms in total. The minimum atomic E-state index is -0.361. The summed E-state index contributed by atoms with van der Waals surface area (Å²) >= 11 is 0. The van der Waals surface area contributed by atoms with Crippen LogP contribution in [0.15, 0.2) is 71.5 Å². The number of hydrogen-bond donors (Lipinski definition) is 0. The largest absolute Gasteiger partial charge is 0.332 e. The van der Waals surface area contributed by atoms with E-state index in [1.165, 1.54) is 0 Å². The van der Waals surface area contributed by atoms with E-state index in [1.54, 1.807) is 22.6 Å². The van der Waals surface area contributed by atoms with Crippen LogP contribution in [0.4, 0.5) is 0 Å². The van der Waals surface area contributed by atoms with Crippen molar-refractivity contribution < 1.29 is 4.79 Å². The van der Waals surface area contributed by atoms with E-state index in [4.69, 9.17) is 4.98 Å². The van der Waals surface area contributed by atoms with Crippen LogP contribution in [0.3, 0.4) is 0 Å². The third-order valence-electron chi connectivity index (χ3n) is 5.63. The van der Waals surface area contributed by atoms with E-state index in [-0.39, 0.29) is 17.5 Å². The smallest absolute Gasteiger partial charge is 0.261 e. The van der Waals surface area contributed by atoms with E-state index in [2.05, 4.69) is 0 Å². The highest BCUT2D eigenvalue weighted by atomic mass is 16.2. The highest BCUT2D eigenvalue weighted by molar-refractivity contribution is 6.07. The zero-order valence-corrected chi connectivity index (χ0v) is 17.5. The highest BCUT2D eigenvalue weighted by Gasteiger charge is 2.25. The fourth-order valence-corrected chi connectivity index (χ4v) is 3.89. The lowest BCUT2D eigenvalue weighted by Gasteiger charge is -2.27. The summed E-state index contributed by atoms with van der Waals surface area (Å²) in [5.74, 6) is 0.515. The molecule has 1 unspecified atom stereocenters. The molecule has 0 aliphatic heterocycles. The number of hydrogen-bond acceptors (Lipinski definition) is 3. The molecule has 1 heterocycles. The fraction of sp³-hybridized carbons (Fsp3) is 0.240. The van der Waals surface area contributed by atoms with Gasteiger partial charge in [-0.2, -0.15) is 0 Å². The fourth-order valence-electron chi connectivity index (χ4n) is 3.89. The molecule has 152 valence electrons. The molecule has 0 saturated carbocycles. The number of amides is 1. The molecule has 0 N–H and O–H groups in total. The van der Waals surface area contributed by atoms with Gasteiger partial charge in [0.2, 0.25) is 0 Å². The molecule has 1 aromatic heterocycles. The van der Waals surface area contributed by atoms with Crippen molar-refractivity contribution in [2.45, 2.75) is 32.9 Å². The molecule has 5 heteroatoms. The Hall–Kier alpha value is -3.47. The maximum absolute atomic E-state index is 13.4. The molecule has 0 radical (unpaired) electrons. The molecule has 0 spiro atoms. The molecule has 0 fully saturated rings. The second kappa shape index (κ2) is 8.11. The Morgan fingerprint density at radius 1 is 1.00 bits per heavy atom. The van der Waals surface area contributed by atoms with Crippen LogP contribution in [-0.4, -0.2) is 27.4 Å². The lowest BCUT2D eigenvalue weighted by atomic mass is 10.0. The molecule has 0 bridgehead atoms. The van der Waals surface area contributed by atoms with Crippen LogP contribution in [0.1, 0.15) is 42.5 Å². The number of carbonyl (C=O) groups excluding carboxylic acids is 1. The first-order chi connectivity index (χ1) is 14.5. The number of para-hydroxylation sites is 1. The van der Waals surface area contributed by atoms with Crippen molar-refractivity contribution in [3.8, 4) is 0 Å². The van der Waals surface area contributed by atoms with Gasteiger partial charge in [-0.15, -0.1) is 0 Å². The molecule has 30 heavy (non-hydrogen) atoms. The van der Waals surface area contributed by atoms with E-state index in [0.717, 1.165) is 17.2 Å². The quantitative estimate of drug-likeness (QED) is 0.485. The van der Waals surface area contributed by atoms with Gasteiger partial charge in [-0.05, 0) is 42.3 Å². The van der Waals surface area contributed by atoms with Crippen molar-refractivity contribution in [3.63, 3.8) is 0 Å². The Balaban J connectivity index is 1.79. The molecule has 4 aromatic rings. The SMILES string of the molecule is CCCn1c(C(C)N(C)C(=O)c2cccc3ccccc23)nc2ccccc2c1=O. The van der Waals surface area contributed by atoms with E-state index in [9.17, 15) is 9.59 Å². The van der Waals surface area contributed by atoms with Crippen LogP contribution in [0.25, 0.3) is 21.7 Å². The van der Waals surface area contributed by atoms with Crippen LogP contribution in [0.2, 0.25) is 0 Å². The topological polar surface area (TPSA) is 55.2 Å². The number of benzene rings is 3. The molecule has 3 aromatic carbocycles. The van der Waals surface area contributed by atoms with Gasteiger partial charge in [0.1, 0.15) is 5.82 Å². The maximum atomic E-state index is 13.4. The number of aromatic nitrogens is 2. The monoisotopic (exact) mass is 399 g/mol. The molecule has 0 saturated heterocycles. The maximum Gasteiger partial charge on any atom is 0.261 e. The summed E-state index contributed by atoms with van der Waals surface area (Å²) in [6.07, 6.45) is 0.806. The first-order valence-electron chi connectivity index (χ1n) is 10.3. The van der Waals surface area contributed by atoms with E-state index in [1.807, 2.05) is 74.5 Å². The predicted molar refractivity (Wildman–Crippen MR) is 121 cm³/mol. The zero-order chi connectivity index (χ0) is 21.3. The number of carbonyl (C=O) groups is 1. The average Bonchev–Trinajstić information content (AvgIpc) is 2.79. The summed E-state index contributed by atoms with van der Waals surface area (Å²) in [6.45, 7) is 4.51. The summed E-state index contributed by atoms with van der Waals surface area (Å²) in [7, 11) is 1.77. The minimum Gasteiger partial charge on any atom is -0.332 e. The molecule has 1 amide bonds. The summed E-state index contributed by atoms with van der Waals surface area (Å²) in [4.78, 5) is 33.0. The highest BCUT2D eigenvalue weighted by Crippen LogP contribution is 2.24. The first-order valence-corrected chi connectivity index (χ1v) is 10.3. The van der Waals surface area contributed by atoms with Crippen molar-refractivity contribution in [1.82, 2.24) is 14.5 Å². The van der Waals surface area contributed by atoms with Crippen molar-refractivity contribution in [2.75, 3.05) is 7.05 Å². The van der Waals surface area contributed by atoms with Gasteiger partial charge in [-0.1, -0.05) is 55.5 Å². The molecular weight excluding hydrogens is 374 g/mol. The van der Waals surface area contributed by atoms with Gasteiger partial charge in [0, 0.05) is 19.2 Å². The van der Waals surface area contributed by atoms with Gasteiger partial charge < -0.3 is 4.90 Å². The van der Waals surface area contributed by atoms with E-state index in [0.29, 0.717) is 28.8 Å². The number of nitrogens with zero attached hydrogens (tertiary/aromatic N) is 3. The molecule has 4 rings (SSSR count). The van der Waals surface area contributed by atoms with Crippen molar-refractivity contribution in [2.24, 2.45) is 0 Å². The number of fused-ring (bicyclic) bond motifs is 2. The van der Waals surface area contributed by atoms with Gasteiger partial charge in [-0.25, -0.2) is 4.98 Å².